The third kappa shape index (κ3) is 3.96. The summed E-state index contributed by atoms with van der Waals surface area (Å²) in [6.45, 7) is 1.70. The summed E-state index contributed by atoms with van der Waals surface area (Å²) in [5.41, 5.74) is 1.52. The topological polar surface area (TPSA) is 81.9 Å². The third-order valence-corrected chi connectivity index (χ3v) is 3.77. The molecule has 3 aromatic rings. The van der Waals surface area contributed by atoms with Crippen molar-refractivity contribution in [3.05, 3.63) is 59.3 Å². The predicted molar refractivity (Wildman–Crippen MR) is 92.0 cm³/mol. The van der Waals surface area contributed by atoms with Gasteiger partial charge in [-0.2, -0.15) is 0 Å². The van der Waals surface area contributed by atoms with Gasteiger partial charge in [-0.05, 0) is 65.9 Å². The summed E-state index contributed by atoms with van der Waals surface area (Å²) in [6.07, 6.45) is 0.872. The average molecular weight is 388 g/mol. The van der Waals surface area contributed by atoms with Gasteiger partial charge in [0.05, 0.1) is 5.69 Å². The number of halogens is 1. The fourth-order valence-corrected chi connectivity index (χ4v) is 2.26. The number of tetrazole rings is 1. The summed E-state index contributed by atoms with van der Waals surface area (Å²) < 4.78 is 8.15. The first-order valence-corrected chi connectivity index (χ1v) is 7.97. The third-order valence-electron chi connectivity index (χ3n) is 3.24. The number of amides is 1. The van der Waals surface area contributed by atoms with E-state index in [0.717, 1.165) is 10.2 Å². The molecular weight excluding hydrogens is 374 g/mol. The maximum atomic E-state index is 12.2. The second-order valence-electron chi connectivity index (χ2n) is 5.00. The van der Waals surface area contributed by atoms with Crippen LogP contribution in [0, 0.1) is 0 Å². The lowest BCUT2D eigenvalue weighted by molar-refractivity contribution is -0.122. The van der Waals surface area contributed by atoms with Crippen LogP contribution in [-0.2, 0) is 4.79 Å². The van der Waals surface area contributed by atoms with Crippen LogP contribution in [0.5, 0.6) is 5.75 Å². The summed E-state index contributed by atoms with van der Waals surface area (Å²) in [4.78, 5) is 12.2. The molecule has 1 amide bonds. The van der Waals surface area contributed by atoms with Crippen LogP contribution in [0.25, 0.3) is 5.69 Å². The standard InChI is InChI=1S/C16H14BrN5O2/c1-11(16(23)19-13-4-2-12(17)3-5-13)24-15-8-6-14(7-9-15)22-10-18-20-21-22/h2-11H,1H3,(H,19,23)/t11-/m1/s1. The van der Waals surface area contributed by atoms with Gasteiger partial charge in [-0.25, -0.2) is 4.68 Å². The van der Waals surface area contributed by atoms with Crippen LogP contribution in [0.15, 0.2) is 59.3 Å². The van der Waals surface area contributed by atoms with Gasteiger partial charge in [-0.1, -0.05) is 15.9 Å². The van der Waals surface area contributed by atoms with E-state index in [0.29, 0.717) is 11.4 Å². The molecule has 7 nitrogen and oxygen atoms in total. The van der Waals surface area contributed by atoms with Gasteiger partial charge in [-0.15, -0.1) is 5.10 Å². The largest absolute Gasteiger partial charge is 0.481 e. The van der Waals surface area contributed by atoms with Crippen molar-refractivity contribution < 1.29 is 9.53 Å². The highest BCUT2D eigenvalue weighted by Gasteiger charge is 2.15. The van der Waals surface area contributed by atoms with Gasteiger partial charge < -0.3 is 10.1 Å². The van der Waals surface area contributed by atoms with Gasteiger partial charge in [0.25, 0.3) is 5.91 Å². The molecule has 3 rings (SSSR count). The van der Waals surface area contributed by atoms with Crippen molar-refractivity contribution in [2.45, 2.75) is 13.0 Å². The Morgan fingerprint density at radius 3 is 2.50 bits per heavy atom. The van der Waals surface area contributed by atoms with E-state index in [2.05, 4.69) is 36.8 Å². The smallest absolute Gasteiger partial charge is 0.265 e. The summed E-state index contributed by atoms with van der Waals surface area (Å²) in [6, 6.07) is 14.5. The fourth-order valence-electron chi connectivity index (χ4n) is 1.99. The van der Waals surface area contributed by atoms with Gasteiger partial charge in [0.15, 0.2) is 6.10 Å². The highest BCUT2D eigenvalue weighted by atomic mass is 79.9. The van der Waals surface area contributed by atoms with Crippen molar-refractivity contribution in [3.8, 4) is 11.4 Å². The Bertz CT molecular complexity index is 803. The first-order chi connectivity index (χ1) is 11.6. The van der Waals surface area contributed by atoms with E-state index in [4.69, 9.17) is 4.74 Å². The maximum Gasteiger partial charge on any atom is 0.265 e. The van der Waals surface area contributed by atoms with Crippen molar-refractivity contribution in [2.24, 2.45) is 0 Å². The molecule has 2 aromatic carbocycles. The molecule has 0 saturated carbocycles. The molecule has 0 radical (unpaired) electrons. The van der Waals surface area contributed by atoms with Crippen LogP contribution < -0.4 is 10.1 Å². The molecule has 0 aliphatic rings. The van der Waals surface area contributed by atoms with E-state index in [9.17, 15) is 4.79 Å². The summed E-state index contributed by atoms with van der Waals surface area (Å²) in [5.74, 6) is 0.368. The molecule has 0 unspecified atom stereocenters. The minimum absolute atomic E-state index is 0.220. The van der Waals surface area contributed by atoms with E-state index in [1.807, 2.05) is 36.4 Å². The number of rotatable bonds is 5. The number of nitrogens with zero attached hydrogens (tertiary/aromatic N) is 4. The Labute approximate surface area is 146 Å². The molecule has 0 spiro atoms. The molecule has 1 atom stereocenters. The molecule has 0 fully saturated rings. The van der Waals surface area contributed by atoms with Crippen LogP contribution >= 0.6 is 15.9 Å². The molecule has 122 valence electrons. The zero-order valence-corrected chi connectivity index (χ0v) is 14.3. The molecule has 0 aliphatic carbocycles. The summed E-state index contributed by atoms with van der Waals surface area (Å²) in [7, 11) is 0. The summed E-state index contributed by atoms with van der Waals surface area (Å²) in [5, 5.41) is 13.8. The SMILES string of the molecule is C[C@@H](Oc1ccc(-n2cnnn2)cc1)C(=O)Nc1ccc(Br)cc1. The first kappa shape index (κ1) is 16.1. The van der Waals surface area contributed by atoms with E-state index >= 15 is 0 Å². The normalized spacial score (nSPS) is 11.8. The van der Waals surface area contributed by atoms with Crippen LogP contribution in [0.1, 0.15) is 6.92 Å². The van der Waals surface area contributed by atoms with Crippen LogP contribution in [0.3, 0.4) is 0 Å². The van der Waals surface area contributed by atoms with Gasteiger partial charge in [0, 0.05) is 10.2 Å². The lowest BCUT2D eigenvalue weighted by Gasteiger charge is -2.15. The molecule has 8 heteroatoms. The van der Waals surface area contributed by atoms with Crippen LogP contribution in [-0.4, -0.2) is 32.2 Å². The minimum Gasteiger partial charge on any atom is -0.481 e. The van der Waals surface area contributed by atoms with Crippen molar-refractivity contribution in [2.75, 3.05) is 5.32 Å². The van der Waals surface area contributed by atoms with E-state index in [1.165, 1.54) is 11.0 Å². The molecule has 1 aromatic heterocycles. The Balaban J connectivity index is 1.60. The fraction of sp³-hybridized carbons (Fsp3) is 0.125. The molecule has 0 saturated heterocycles. The van der Waals surface area contributed by atoms with Gasteiger partial charge in [0.2, 0.25) is 0 Å². The Hall–Kier alpha value is -2.74. The molecule has 0 aliphatic heterocycles. The first-order valence-electron chi connectivity index (χ1n) is 7.18. The maximum absolute atomic E-state index is 12.2. The number of ether oxygens (including phenoxy) is 1. The van der Waals surface area contributed by atoms with Crippen LogP contribution in [0.4, 0.5) is 5.69 Å². The monoisotopic (exact) mass is 387 g/mol. The van der Waals surface area contributed by atoms with Crippen LogP contribution in [0.2, 0.25) is 0 Å². The molecule has 1 N–H and O–H groups in total. The number of nitrogens with one attached hydrogen (secondary N) is 1. The number of benzene rings is 2. The summed E-state index contributed by atoms with van der Waals surface area (Å²) >= 11 is 3.35. The second kappa shape index (κ2) is 7.22. The average Bonchev–Trinajstić information content (AvgIpc) is 3.12. The lowest BCUT2D eigenvalue weighted by atomic mass is 10.3. The van der Waals surface area contributed by atoms with Crippen molar-refractivity contribution in [1.82, 2.24) is 20.2 Å². The van der Waals surface area contributed by atoms with E-state index in [1.54, 1.807) is 19.1 Å². The Morgan fingerprint density at radius 2 is 1.88 bits per heavy atom. The number of hydrogen-bond acceptors (Lipinski definition) is 5. The highest BCUT2D eigenvalue weighted by Crippen LogP contribution is 2.17. The van der Waals surface area contributed by atoms with Gasteiger partial charge in [-0.3, -0.25) is 4.79 Å². The van der Waals surface area contributed by atoms with E-state index in [-0.39, 0.29) is 5.91 Å². The molecular formula is C16H14BrN5O2. The van der Waals surface area contributed by atoms with Crippen molar-refractivity contribution in [3.63, 3.8) is 0 Å². The molecule has 0 bridgehead atoms. The van der Waals surface area contributed by atoms with Crippen molar-refractivity contribution >= 4 is 27.5 Å². The molecule has 1 heterocycles. The Kier molecular flexibility index (Phi) is 4.85. The lowest BCUT2D eigenvalue weighted by Crippen LogP contribution is -2.30. The highest BCUT2D eigenvalue weighted by molar-refractivity contribution is 9.10. The quantitative estimate of drug-likeness (QED) is 0.727. The Morgan fingerprint density at radius 1 is 1.17 bits per heavy atom. The zero-order chi connectivity index (χ0) is 16.9. The van der Waals surface area contributed by atoms with Gasteiger partial charge in [0.1, 0.15) is 12.1 Å². The second-order valence-corrected chi connectivity index (χ2v) is 5.92. The minimum atomic E-state index is -0.632. The predicted octanol–water partition coefficient (Wildman–Crippen LogP) is 2.83. The number of hydrogen-bond donors (Lipinski definition) is 1. The number of aromatic nitrogens is 4. The number of anilines is 1. The van der Waals surface area contributed by atoms with E-state index < -0.39 is 6.10 Å². The molecule has 24 heavy (non-hydrogen) atoms. The van der Waals surface area contributed by atoms with Gasteiger partial charge >= 0.3 is 0 Å². The van der Waals surface area contributed by atoms with Crippen molar-refractivity contribution in [1.29, 1.82) is 0 Å². The number of carbonyl (C=O) groups excluding carboxylic acids is 1. The zero-order valence-electron chi connectivity index (χ0n) is 12.8. The number of carbonyl (C=O) groups is 1.